The molecule has 4 heterocycles. The highest BCUT2D eigenvalue weighted by Crippen LogP contribution is 2.37. The quantitative estimate of drug-likeness (QED) is 0.737. The molecule has 2 bridgehead atoms. The van der Waals surface area contributed by atoms with Gasteiger partial charge in [-0.3, -0.25) is 4.98 Å². The first-order valence-corrected chi connectivity index (χ1v) is 9.50. The number of rotatable bonds is 3. The van der Waals surface area contributed by atoms with Gasteiger partial charge in [-0.15, -0.1) is 10.2 Å². The van der Waals surface area contributed by atoms with Crippen molar-refractivity contribution in [3.63, 3.8) is 0 Å². The minimum absolute atomic E-state index is 0.212. The molecule has 0 aliphatic carbocycles. The van der Waals surface area contributed by atoms with Crippen molar-refractivity contribution in [2.45, 2.75) is 50.9 Å². The van der Waals surface area contributed by atoms with Crippen LogP contribution in [0.1, 0.15) is 31.2 Å². The zero-order chi connectivity index (χ0) is 18.4. The van der Waals surface area contributed by atoms with E-state index in [9.17, 15) is 5.11 Å². The first-order valence-electron chi connectivity index (χ1n) is 9.50. The van der Waals surface area contributed by atoms with Crippen LogP contribution >= 0.6 is 0 Å². The third kappa shape index (κ3) is 3.00. The molecule has 2 unspecified atom stereocenters. The van der Waals surface area contributed by atoms with E-state index >= 15 is 0 Å². The molecule has 6 nitrogen and oxygen atoms in total. The predicted octanol–water partition coefficient (Wildman–Crippen LogP) is 3.83. The molecular formula is C21H22N4O2. The molecule has 2 N–H and O–H groups in total. The maximum Gasteiger partial charge on any atom is 0.158 e. The Bertz CT molecular complexity index is 995. The molecule has 2 aromatic heterocycles. The molecular weight excluding hydrogens is 340 g/mol. The number of aryl methyl sites for hydroxylation is 1. The van der Waals surface area contributed by atoms with Crippen LogP contribution in [0.15, 0.2) is 36.7 Å². The fourth-order valence-corrected chi connectivity index (χ4v) is 4.31. The van der Waals surface area contributed by atoms with E-state index in [0.29, 0.717) is 29.5 Å². The van der Waals surface area contributed by atoms with Gasteiger partial charge in [-0.2, -0.15) is 0 Å². The Hall–Kier alpha value is -2.73. The second-order valence-corrected chi connectivity index (χ2v) is 7.61. The maximum absolute atomic E-state index is 10.4. The molecule has 0 saturated carbocycles. The smallest absolute Gasteiger partial charge is 0.158 e. The van der Waals surface area contributed by atoms with Gasteiger partial charge in [0, 0.05) is 34.8 Å². The molecule has 2 aliphatic rings. The Labute approximate surface area is 157 Å². The van der Waals surface area contributed by atoms with Gasteiger partial charge < -0.3 is 15.2 Å². The Morgan fingerprint density at radius 2 is 1.89 bits per heavy atom. The average molecular weight is 362 g/mol. The number of anilines is 1. The van der Waals surface area contributed by atoms with Crippen LogP contribution in [0.5, 0.6) is 5.75 Å². The second kappa shape index (κ2) is 6.46. The monoisotopic (exact) mass is 362 g/mol. The van der Waals surface area contributed by atoms with Gasteiger partial charge in [-0.05, 0) is 56.4 Å². The lowest BCUT2D eigenvalue weighted by atomic mass is 10.0. The number of hydrogen-bond acceptors (Lipinski definition) is 6. The van der Waals surface area contributed by atoms with Crippen molar-refractivity contribution in [3.05, 3.63) is 42.2 Å². The van der Waals surface area contributed by atoms with Crippen molar-refractivity contribution in [2.24, 2.45) is 0 Å². The zero-order valence-electron chi connectivity index (χ0n) is 15.2. The standard InChI is InChI=1S/C21H22N4O2/c1-12-2-5-17(19(26)8-12)20-16-6-7-22-11-18(16)21(25-24-20)23-13-9-14-3-4-15(10-13)27-14/h2,5-8,11,13-15,26H,3-4,9-10H2,1H3,(H,23,25). The molecule has 3 aromatic rings. The Morgan fingerprint density at radius 3 is 2.67 bits per heavy atom. The zero-order valence-corrected chi connectivity index (χ0v) is 15.2. The summed E-state index contributed by atoms with van der Waals surface area (Å²) in [4.78, 5) is 4.29. The lowest BCUT2D eigenvalue weighted by molar-refractivity contribution is 0.000663. The molecule has 1 aromatic carbocycles. The van der Waals surface area contributed by atoms with Gasteiger partial charge >= 0.3 is 0 Å². The van der Waals surface area contributed by atoms with Crippen LogP contribution in [0.2, 0.25) is 0 Å². The van der Waals surface area contributed by atoms with E-state index in [1.807, 2.05) is 31.3 Å². The lowest BCUT2D eigenvalue weighted by Crippen LogP contribution is -2.34. The maximum atomic E-state index is 10.4. The summed E-state index contributed by atoms with van der Waals surface area (Å²) in [7, 11) is 0. The molecule has 0 radical (unpaired) electrons. The van der Waals surface area contributed by atoms with Crippen LogP contribution in [0.4, 0.5) is 5.82 Å². The molecule has 27 heavy (non-hydrogen) atoms. The van der Waals surface area contributed by atoms with Gasteiger partial charge in [0.25, 0.3) is 0 Å². The van der Waals surface area contributed by atoms with Crippen molar-refractivity contribution in [2.75, 3.05) is 5.32 Å². The largest absolute Gasteiger partial charge is 0.507 e. The van der Waals surface area contributed by atoms with Crippen molar-refractivity contribution in [3.8, 4) is 17.0 Å². The van der Waals surface area contributed by atoms with Crippen LogP contribution in [-0.4, -0.2) is 38.5 Å². The number of aromatic nitrogens is 3. The number of nitrogens with zero attached hydrogens (tertiary/aromatic N) is 3. The molecule has 2 aliphatic heterocycles. The molecule has 2 fully saturated rings. The summed E-state index contributed by atoms with van der Waals surface area (Å²) in [5, 5.41) is 24.7. The van der Waals surface area contributed by atoms with Crippen LogP contribution < -0.4 is 5.32 Å². The molecule has 2 saturated heterocycles. The minimum atomic E-state index is 0.212. The van der Waals surface area contributed by atoms with E-state index in [4.69, 9.17) is 4.74 Å². The third-order valence-electron chi connectivity index (χ3n) is 5.62. The van der Waals surface area contributed by atoms with Crippen molar-refractivity contribution >= 4 is 16.6 Å². The van der Waals surface area contributed by atoms with E-state index in [1.54, 1.807) is 12.3 Å². The van der Waals surface area contributed by atoms with Crippen LogP contribution in [0.25, 0.3) is 22.0 Å². The third-order valence-corrected chi connectivity index (χ3v) is 5.62. The first-order chi connectivity index (χ1) is 13.2. The first kappa shape index (κ1) is 16.4. The number of fused-ring (bicyclic) bond motifs is 3. The fraction of sp³-hybridized carbons (Fsp3) is 0.381. The van der Waals surface area contributed by atoms with Gasteiger partial charge in [0.15, 0.2) is 5.82 Å². The van der Waals surface area contributed by atoms with Gasteiger partial charge in [0.05, 0.1) is 12.2 Å². The lowest BCUT2D eigenvalue weighted by Gasteiger charge is -2.29. The van der Waals surface area contributed by atoms with Crippen LogP contribution in [0, 0.1) is 6.92 Å². The normalized spacial score (nSPS) is 24.3. The second-order valence-electron chi connectivity index (χ2n) is 7.61. The summed E-state index contributed by atoms with van der Waals surface area (Å²) in [5.41, 5.74) is 2.35. The summed E-state index contributed by atoms with van der Waals surface area (Å²) in [5.74, 6) is 0.962. The van der Waals surface area contributed by atoms with Gasteiger partial charge in [-0.25, -0.2) is 0 Å². The van der Waals surface area contributed by atoms with Crippen molar-refractivity contribution < 1.29 is 9.84 Å². The molecule has 5 rings (SSSR count). The minimum Gasteiger partial charge on any atom is -0.507 e. The topological polar surface area (TPSA) is 80.2 Å². The highest BCUT2D eigenvalue weighted by Gasteiger charge is 2.35. The van der Waals surface area contributed by atoms with Crippen molar-refractivity contribution in [1.29, 1.82) is 0 Å². The number of phenolic OH excluding ortho intramolecular Hbond substituents is 1. The summed E-state index contributed by atoms with van der Waals surface area (Å²) in [6.45, 7) is 1.95. The number of pyridine rings is 1. The van der Waals surface area contributed by atoms with Gasteiger partial charge in [0.1, 0.15) is 11.4 Å². The SMILES string of the molecule is Cc1ccc(-c2nnc(NC3CC4CCC(C3)O4)c3cnccc23)c(O)c1. The van der Waals surface area contributed by atoms with Crippen LogP contribution in [-0.2, 0) is 4.74 Å². The number of benzene rings is 1. The highest BCUT2D eigenvalue weighted by molar-refractivity contribution is 6.00. The number of aromatic hydroxyl groups is 1. The van der Waals surface area contributed by atoms with E-state index in [-0.39, 0.29) is 5.75 Å². The molecule has 0 spiro atoms. The van der Waals surface area contributed by atoms with Crippen molar-refractivity contribution in [1.82, 2.24) is 15.2 Å². The predicted molar refractivity (Wildman–Crippen MR) is 104 cm³/mol. The number of hydrogen-bond donors (Lipinski definition) is 2. The summed E-state index contributed by atoms with van der Waals surface area (Å²) >= 11 is 0. The molecule has 138 valence electrons. The number of phenols is 1. The molecule has 6 heteroatoms. The van der Waals surface area contributed by atoms with Crippen LogP contribution in [0.3, 0.4) is 0 Å². The summed E-state index contributed by atoms with van der Waals surface area (Å²) in [6, 6.07) is 7.87. The fourth-order valence-electron chi connectivity index (χ4n) is 4.31. The average Bonchev–Trinajstić information content (AvgIpc) is 3.01. The van der Waals surface area contributed by atoms with E-state index in [2.05, 4.69) is 20.5 Å². The summed E-state index contributed by atoms with van der Waals surface area (Å²) in [6.07, 6.45) is 8.60. The Kier molecular flexibility index (Phi) is 3.93. The molecule has 0 amide bonds. The number of nitrogens with one attached hydrogen (secondary N) is 1. The van der Waals surface area contributed by atoms with E-state index in [0.717, 1.165) is 47.8 Å². The Balaban J connectivity index is 1.54. The summed E-state index contributed by atoms with van der Waals surface area (Å²) < 4.78 is 5.94. The number of ether oxygens (including phenoxy) is 1. The Morgan fingerprint density at radius 1 is 1.07 bits per heavy atom. The van der Waals surface area contributed by atoms with E-state index in [1.165, 1.54) is 0 Å². The van der Waals surface area contributed by atoms with E-state index < -0.39 is 0 Å². The highest BCUT2D eigenvalue weighted by atomic mass is 16.5. The van der Waals surface area contributed by atoms with Gasteiger partial charge in [0.2, 0.25) is 0 Å². The molecule has 2 atom stereocenters. The van der Waals surface area contributed by atoms with Gasteiger partial charge in [-0.1, -0.05) is 6.07 Å².